The molecule has 0 aliphatic carbocycles. The van der Waals surface area contributed by atoms with Gasteiger partial charge in [0.1, 0.15) is 5.75 Å². The monoisotopic (exact) mass is 263 g/mol. The van der Waals surface area contributed by atoms with Crippen molar-refractivity contribution in [3.63, 3.8) is 0 Å². The first-order valence-electron chi connectivity index (χ1n) is 7.03. The Morgan fingerprint density at radius 1 is 1.47 bits per heavy atom. The Labute approximate surface area is 116 Å². The van der Waals surface area contributed by atoms with Crippen LogP contribution >= 0.6 is 0 Å². The number of rotatable bonds is 5. The van der Waals surface area contributed by atoms with Gasteiger partial charge in [-0.3, -0.25) is 4.98 Å². The third-order valence-corrected chi connectivity index (χ3v) is 4.09. The van der Waals surface area contributed by atoms with Crippen LogP contribution < -0.4 is 10.1 Å². The van der Waals surface area contributed by atoms with Gasteiger partial charge in [-0.15, -0.1) is 0 Å². The molecule has 0 saturated carbocycles. The van der Waals surface area contributed by atoms with Crippen LogP contribution in [-0.2, 0) is 6.54 Å². The number of methoxy groups -OCH3 is 1. The molecule has 0 spiro atoms. The van der Waals surface area contributed by atoms with Gasteiger partial charge in [0.15, 0.2) is 0 Å². The molecule has 2 rings (SSSR count). The quantitative estimate of drug-likeness (QED) is 0.880. The van der Waals surface area contributed by atoms with Crippen LogP contribution in [0, 0.1) is 13.8 Å². The van der Waals surface area contributed by atoms with Crippen molar-refractivity contribution >= 4 is 0 Å². The number of aryl methyl sites for hydroxylation is 1. The van der Waals surface area contributed by atoms with E-state index in [1.165, 1.54) is 19.4 Å². The highest BCUT2D eigenvalue weighted by Gasteiger charge is 2.20. The molecule has 19 heavy (non-hydrogen) atoms. The number of aromatic nitrogens is 1. The highest BCUT2D eigenvalue weighted by Crippen LogP contribution is 2.23. The van der Waals surface area contributed by atoms with Crippen LogP contribution in [0.5, 0.6) is 5.75 Å². The average Bonchev–Trinajstić information content (AvgIpc) is 2.79. The van der Waals surface area contributed by atoms with Gasteiger partial charge in [0.05, 0.1) is 12.8 Å². The maximum absolute atomic E-state index is 5.44. The van der Waals surface area contributed by atoms with E-state index in [0.717, 1.165) is 35.7 Å². The molecule has 4 heteroatoms. The molecule has 1 aromatic heterocycles. The second kappa shape index (κ2) is 6.35. The Morgan fingerprint density at radius 2 is 2.26 bits per heavy atom. The molecule has 1 saturated heterocycles. The summed E-state index contributed by atoms with van der Waals surface area (Å²) in [7, 11) is 3.93. The molecule has 0 bridgehead atoms. The van der Waals surface area contributed by atoms with Crippen LogP contribution in [0.25, 0.3) is 0 Å². The van der Waals surface area contributed by atoms with Gasteiger partial charge < -0.3 is 15.0 Å². The summed E-state index contributed by atoms with van der Waals surface area (Å²) in [5, 5.41) is 3.53. The minimum atomic E-state index is 0.674. The molecule has 4 nitrogen and oxygen atoms in total. The SMILES string of the molecule is COc1c(C)cnc(CNCC2CCCN2C)c1C. The minimum Gasteiger partial charge on any atom is -0.496 e. The van der Waals surface area contributed by atoms with Crippen LogP contribution in [0.4, 0.5) is 0 Å². The van der Waals surface area contributed by atoms with E-state index < -0.39 is 0 Å². The number of hydrogen-bond acceptors (Lipinski definition) is 4. The number of ether oxygens (including phenoxy) is 1. The molecule has 0 amide bonds. The largest absolute Gasteiger partial charge is 0.496 e. The second-order valence-electron chi connectivity index (χ2n) is 5.45. The minimum absolute atomic E-state index is 0.674. The molecule has 1 fully saturated rings. The van der Waals surface area contributed by atoms with Gasteiger partial charge in [-0.1, -0.05) is 0 Å². The van der Waals surface area contributed by atoms with Gasteiger partial charge >= 0.3 is 0 Å². The molecule has 106 valence electrons. The molecule has 0 aromatic carbocycles. The van der Waals surface area contributed by atoms with E-state index in [4.69, 9.17) is 4.74 Å². The van der Waals surface area contributed by atoms with E-state index in [2.05, 4.69) is 29.2 Å². The summed E-state index contributed by atoms with van der Waals surface area (Å²) >= 11 is 0. The van der Waals surface area contributed by atoms with Gasteiger partial charge in [0, 0.05) is 36.5 Å². The first-order valence-corrected chi connectivity index (χ1v) is 7.03. The van der Waals surface area contributed by atoms with Crippen molar-refractivity contribution in [2.75, 3.05) is 27.2 Å². The maximum atomic E-state index is 5.44. The highest BCUT2D eigenvalue weighted by atomic mass is 16.5. The van der Waals surface area contributed by atoms with Crippen LogP contribution in [0.3, 0.4) is 0 Å². The average molecular weight is 263 g/mol. The Kier molecular flexibility index (Phi) is 4.77. The van der Waals surface area contributed by atoms with Crippen molar-refractivity contribution in [1.29, 1.82) is 0 Å². The van der Waals surface area contributed by atoms with E-state index in [-0.39, 0.29) is 0 Å². The van der Waals surface area contributed by atoms with Crippen molar-refractivity contribution in [2.24, 2.45) is 0 Å². The highest BCUT2D eigenvalue weighted by molar-refractivity contribution is 5.40. The molecule has 1 aromatic rings. The Bertz CT molecular complexity index is 434. The fourth-order valence-electron chi connectivity index (χ4n) is 2.84. The standard InChI is InChI=1S/C15H25N3O/c1-11-8-17-14(12(2)15(11)19-4)10-16-9-13-6-5-7-18(13)3/h8,13,16H,5-7,9-10H2,1-4H3. The molecule has 2 heterocycles. The number of likely N-dealkylation sites (tertiary alicyclic amines) is 1. The lowest BCUT2D eigenvalue weighted by Crippen LogP contribution is -2.35. The molecular weight excluding hydrogens is 238 g/mol. The summed E-state index contributed by atoms with van der Waals surface area (Å²) in [6, 6.07) is 0.674. The fourth-order valence-corrected chi connectivity index (χ4v) is 2.84. The lowest BCUT2D eigenvalue weighted by atomic mass is 10.1. The third-order valence-electron chi connectivity index (χ3n) is 4.09. The first-order chi connectivity index (χ1) is 9.13. The normalized spacial score (nSPS) is 19.9. The van der Waals surface area contributed by atoms with Crippen molar-refractivity contribution in [3.8, 4) is 5.75 Å². The van der Waals surface area contributed by atoms with Crippen LogP contribution in [0.15, 0.2) is 6.20 Å². The van der Waals surface area contributed by atoms with E-state index >= 15 is 0 Å². The van der Waals surface area contributed by atoms with Crippen LogP contribution in [0.1, 0.15) is 29.7 Å². The summed E-state index contributed by atoms with van der Waals surface area (Å²) in [6.07, 6.45) is 4.51. The van der Waals surface area contributed by atoms with Gasteiger partial charge in [0.2, 0.25) is 0 Å². The van der Waals surface area contributed by atoms with Crippen molar-refractivity contribution in [1.82, 2.24) is 15.2 Å². The van der Waals surface area contributed by atoms with Crippen molar-refractivity contribution < 1.29 is 4.74 Å². The van der Waals surface area contributed by atoms with E-state index in [1.54, 1.807) is 7.11 Å². The molecule has 1 unspecified atom stereocenters. The van der Waals surface area contributed by atoms with Crippen LogP contribution in [0.2, 0.25) is 0 Å². The van der Waals surface area contributed by atoms with E-state index in [0.29, 0.717) is 6.04 Å². The Morgan fingerprint density at radius 3 is 2.89 bits per heavy atom. The molecule has 1 aliphatic rings. The van der Waals surface area contributed by atoms with Gasteiger partial charge in [-0.25, -0.2) is 0 Å². The maximum Gasteiger partial charge on any atom is 0.128 e. The van der Waals surface area contributed by atoms with Gasteiger partial charge in [0.25, 0.3) is 0 Å². The summed E-state index contributed by atoms with van der Waals surface area (Å²) < 4.78 is 5.44. The van der Waals surface area contributed by atoms with Crippen molar-refractivity contribution in [2.45, 2.75) is 39.3 Å². The molecular formula is C15H25N3O. The lowest BCUT2D eigenvalue weighted by molar-refractivity contribution is 0.300. The summed E-state index contributed by atoms with van der Waals surface area (Å²) in [5.74, 6) is 0.963. The Balaban J connectivity index is 1.92. The second-order valence-corrected chi connectivity index (χ2v) is 5.45. The number of nitrogens with zero attached hydrogens (tertiary/aromatic N) is 2. The predicted molar refractivity (Wildman–Crippen MR) is 77.6 cm³/mol. The molecule has 1 atom stereocenters. The lowest BCUT2D eigenvalue weighted by Gasteiger charge is -2.20. The molecule has 0 radical (unpaired) electrons. The zero-order valence-electron chi connectivity index (χ0n) is 12.5. The number of nitrogens with one attached hydrogen (secondary N) is 1. The first kappa shape index (κ1) is 14.3. The zero-order chi connectivity index (χ0) is 13.8. The summed E-state index contributed by atoms with van der Waals surface area (Å²) in [6.45, 7) is 7.18. The van der Waals surface area contributed by atoms with Gasteiger partial charge in [-0.05, 0) is 40.3 Å². The molecule has 1 aliphatic heterocycles. The number of pyridine rings is 1. The van der Waals surface area contributed by atoms with Gasteiger partial charge in [-0.2, -0.15) is 0 Å². The third kappa shape index (κ3) is 3.25. The Hall–Kier alpha value is -1.13. The number of likely N-dealkylation sites (N-methyl/N-ethyl adjacent to an activating group) is 1. The number of hydrogen-bond donors (Lipinski definition) is 1. The zero-order valence-corrected chi connectivity index (χ0v) is 12.5. The van der Waals surface area contributed by atoms with Crippen LogP contribution in [-0.4, -0.2) is 43.2 Å². The smallest absolute Gasteiger partial charge is 0.128 e. The fraction of sp³-hybridized carbons (Fsp3) is 0.667. The van der Waals surface area contributed by atoms with E-state index in [9.17, 15) is 0 Å². The van der Waals surface area contributed by atoms with Crippen molar-refractivity contribution in [3.05, 3.63) is 23.0 Å². The summed E-state index contributed by atoms with van der Waals surface area (Å²) in [4.78, 5) is 6.95. The predicted octanol–water partition coefficient (Wildman–Crippen LogP) is 1.89. The summed E-state index contributed by atoms with van der Waals surface area (Å²) in [5.41, 5.74) is 3.33. The molecule has 1 N–H and O–H groups in total. The topological polar surface area (TPSA) is 37.4 Å². The van der Waals surface area contributed by atoms with E-state index in [1.807, 2.05) is 13.1 Å².